The van der Waals surface area contributed by atoms with Crippen molar-refractivity contribution in [3.8, 4) is 0 Å². The number of aromatic nitrogens is 1. The van der Waals surface area contributed by atoms with E-state index in [4.69, 9.17) is 4.74 Å². The zero-order valence-electron chi connectivity index (χ0n) is 16.0. The molecule has 0 bridgehead atoms. The van der Waals surface area contributed by atoms with Crippen LogP contribution in [0, 0.1) is 0 Å². The maximum Gasteiger partial charge on any atom is 0.255 e. The number of hydrogen-bond acceptors (Lipinski definition) is 3. The monoisotopic (exact) mass is 377 g/mol. The Morgan fingerprint density at radius 2 is 1.86 bits per heavy atom. The summed E-state index contributed by atoms with van der Waals surface area (Å²) < 4.78 is 7.04. The molecule has 28 heavy (non-hydrogen) atoms. The lowest BCUT2D eigenvalue weighted by Gasteiger charge is -2.25. The predicted molar refractivity (Wildman–Crippen MR) is 107 cm³/mol. The Hall–Kier alpha value is -3.12. The van der Waals surface area contributed by atoms with E-state index in [-0.39, 0.29) is 24.4 Å². The topological polar surface area (TPSA) is 63.6 Å². The van der Waals surface area contributed by atoms with Crippen LogP contribution in [0.2, 0.25) is 0 Å². The molecule has 1 N–H and O–H groups in total. The molecule has 6 heteroatoms. The molecule has 2 aromatic carbocycles. The molecule has 0 aliphatic carbocycles. The van der Waals surface area contributed by atoms with Crippen LogP contribution >= 0.6 is 0 Å². The number of para-hydroxylation sites is 1. The zero-order valence-corrected chi connectivity index (χ0v) is 16.0. The van der Waals surface area contributed by atoms with Gasteiger partial charge in [0, 0.05) is 48.9 Å². The molecule has 0 saturated heterocycles. The van der Waals surface area contributed by atoms with Gasteiger partial charge in [-0.1, -0.05) is 36.4 Å². The average molecular weight is 377 g/mol. The number of rotatable bonds is 6. The number of carbonyl (C=O) groups excluding carboxylic acids is 2. The first-order valence-corrected chi connectivity index (χ1v) is 9.31. The van der Waals surface area contributed by atoms with Crippen molar-refractivity contribution >= 4 is 22.7 Å². The second-order valence-electron chi connectivity index (χ2n) is 6.98. The van der Waals surface area contributed by atoms with Gasteiger partial charge in [0.25, 0.3) is 5.91 Å². The van der Waals surface area contributed by atoms with Crippen molar-refractivity contribution in [3.63, 3.8) is 0 Å². The third kappa shape index (κ3) is 3.05. The van der Waals surface area contributed by atoms with Crippen LogP contribution in [0.5, 0.6) is 0 Å². The minimum absolute atomic E-state index is 0.00507. The Morgan fingerprint density at radius 1 is 1.11 bits per heavy atom. The highest BCUT2D eigenvalue weighted by molar-refractivity contribution is 6.02. The molecule has 6 nitrogen and oxygen atoms in total. The molecule has 1 atom stereocenters. The molecule has 2 heterocycles. The zero-order chi connectivity index (χ0) is 19.7. The molecule has 0 fully saturated rings. The van der Waals surface area contributed by atoms with Gasteiger partial charge in [-0.05, 0) is 17.7 Å². The smallest absolute Gasteiger partial charge is 0.255 e. The number of methoxy groups -OCH3 is 1. The van der Waals surface area contributed by atoms with Crippen molar-refractivity contribution in [2.24, 2.45) is 7.05 Å². The van der Waals surface area contributed by atoms with Crippen molar-refractivity contribution in [1.29, 1.82) is 0 Å². The summed E-state index contributed by atoms with van der Waals surface area (Å²) in [5.74, 6) is -0.307. The van der Waals surface area contributed by atoms with Gasteiger partial charge >= 0.3 is 0 Å². The highest BCUT2D eigenvalue weighted by atomic mass is 16.5. The van der Waals surface area contributed by atoms with E-state index in [2.05, 4.69) is 28.2 Å². The molecule has 144 valence electrons. The van der Waals surface area contributed by atoms with Gasteiger partial charge in [-0.25, -0.2) is 0 Å². The van der Waals surface area contributed by atoms with Gasteiger partial charge in [-0.3, -0.25) is 9.59 Å². The van der Waals surface area contributed by atoms with Crippen molar-refractivity contribution in [2.45, 2.75) is 6.04 Å². The summed E-state index contributed by atoms with van der Waals surface area (Å²) in [4.78, 5) is 27.2. The van der Waals surface area contributed by atoms with E-state index in [1.165, 1.54) is 0 Å². The standard InChI is InChI=1S/C22H23N3O3/c1-24-13-18(15-7-5-6-10-19(15)24)21-16-8-3-4-9-17(16)22(27)25(21)14-20(26)23-11-12-28-2/h3-10,13,21H,11-12,14H2,1-2H3,(H,23,26)/t21-/m0/s1. The van der Waals surface area contributed by atoms with E-state index in [0.717, 1.165) is 22.0 Å². The van der Waals surface area contributed by atoms with E-state index in [9.17, 15) is 9.59 Å². The quantitative estimate of drug-likeness (QED) is 0.672. The molecule has 0 saturated carbocycles. The predicted octanol–water partition coefficient (Wildman–Crippen LogP) is 2.49. The lowest BCUT2D eigenvalue weighted by Crippen LogP contribution is -2.40. The highest BCUT2D eigenvalue weighted by Crippen LogP contribution is 2.41. The number of nitrogens with one attached hydrogen (secondary N) is 1. The van der Waals surface area contributed by atoms with Crippen molar-refractivity contribution < 1.29 is 14.3 Å². The van der Waals surface area contributed by atoms with Crippen LogP contribution in [0.15, 0.2) is 54.7 Å². The molecule has 1 aromatic heterocycles. The van der Waals surface area contributed by atoms with Gasteiger partial charge in [0.15, 0.2) is 0 Å². The van der Waals surface area contributed by atoms with Gasteiger partial charge in [0.2, 0.25) is 5.91 Å². The number of carbonyl (C=O) groups is 2. The van der Waals surface area contributed by atoms with Crippen LogP contribution < -0.4 is 5.32 Å². The van der Waals surface area contributed by atoms with E-state index >= 15 is 0 Å². The summed E-state index contributed by atoms with van der Waals surface area (Å²) in [7, 11) is 3.58. The number of ether oxygens (including phenoxy) is 1. The van der Waals surface area contributed by atoms with E-state index < -0.39 is 0 Å². The summed E-state index contributed by atoms with van der Waals surface area (Å²) in [6, 6.07) is 15.4. The summed E-state index contributed by atoms with van der Waals surface area (Å²) in [6.07, 6.45) is 2.06. The Labute approximate surface area is 163 Å². The molecular formula is C22H23N3O3. The van der Waals surface area contributed by atoms with Crippen molar-refractivity contribution in [2.75, 3.05) is 26.8 Å². The number of fused-ring (bicyclic) bond motifs is 2. The molecule has 1 aliphatic rings. The van der Waals surface area contributed by atoms with Crippen LogP contribution in [-0.2, 0) is 16.6 Å². The summed E-state index contributed by atoms with van der Waals surface area (Å²) in [5, 5.41) is 3.90. The fourth-order valence-electron chi connectivity index (χ4n) is 3.96. The van der Waals surface area contributed by atoms with Crippen LogP contribution in [0.1, 0.15) is 27.5 Å². The number of aryl methyl sites for hydroxylation is 1. The third-order valence-corrected chi connectivity index (χ3v) is 5.22. The fraction of sp³-hybridized carbons (Fsp3) is 0.273. The molecule has 2 amide bonds. The number of amides is 2. The first-order chi connectivity index (χ1) is 13.6. The van der Waals surface area contributed by atoms with E-state index in [1.807, 2.05) is 43.4 Å². The molecule has 0 unspecified atom stereocenters. The fourth-order valence-corrected chi connectivity index (χ4v) is 3.96. The molecular weight excluding hydrogens is 354 g/mol. The maximum atomic E-state index is 13.1. The Balaban J connectivity index is 1.75. The van der Waals surface area contributed by atoms with E-state index in [0.29, 0.717) is 18.7 Å². The Kier molecular flexibility index (Phi) is 4.88. The van der Waals surface area contributed by atoms with E-state index in [1.54, 1.807) is 12.0 Å². The maximum absolute atomic E-state index is 13.1. The number of nitrogens with zero attached hydrogens (tertiary/aromatic N) is 2. The largest absolute Gasteiger partial charge is 0.383 e. The van der Waals surface area contributed by atoms with Gasteiger partial charge < -0.3 is 19.5 Å². The average Bonchev–Trinajstić information content (AvgIpc) is 3.17. The molecule has 4 rings (SSSR count). The van der Waals surface area contributed by atoms with Crippen LogP contribution in [0.3, 0.4) is 0 Å². The van der Waals surface area contributed by atoms with Crippen LogP contribution in [0.25, 0.3) is 10.9 Å². The van der Waals surface area contributed by atoms with Crippen LogP contribution in [0.4, 0.5) is 0 Å². The molecule has 0 radical (unpaired) electrons. The number of hydrogen-bond donors (Lipinski definition) is 1. The molecule has 0 spiro atoms. The molecule has 3 aromatic rings. The lowest BCUT2D eigenvalue weighted by atomic mass is 9.97. The van der Waals surface area contributed by atoms with Gasteiger partial charge in [-0.15, -0.1) is 0 Å². The second kappa shape index (κ2) is 7.48. The third-order valence-electron chi connectivity index (χ3n) is 5.22. The summed E-state index contributed by atoms with van der Waals surface area (Å²) >= 11 is 0. The Bertz CT molecular complexity index is 1040. The Morgan fingerprint density at radius 3 is 2.68 bits per heavy atom. The van der Waals surface area contributed by atoms with Gasteiger partial charge in [0.05, 0.1) is 12.6 Å². The van der Waals surface area contributed by atoms with Gasteiger partial charge in [0.1, 0.15) is 6.54 Å². The minimum Gasteiger partial charge on any atom is -0.383 e. The minimum atomic E-state index is -0.289. The second-order valence-corrected chi connectivity index (χ2v) is 6.98. The van der Waals surface area contributed by atoms with Crippen molar-refractivity contribution in [3.05, 3.63) is 71.4 Å². The molecule has 1 aliphatic heterocycles. The first-order valence-electron chi connectivity index (χ1n) is 9.31. The first kappa shape index (κ1) is 18.3. The van der Waals surface area contributed by atoms with Crippen LogP contribution in [-0.4, -0.2) is 48.1 Å². The van der Waals surface area contributed by atoms with Crippen molar-refractivity contribution in [1.82, 2.24) is 14.8 Å². The summed E-state index contributed by atoms with van der Waals surface area (Å²) in [6.45, 7) is 0.862. The number of benzene rings is 2. The normalized spacial score (nSPS) is 15.9. The highest BCUT2D eigenvalue weighted by Gasteiger charge is 2.39. The van der Waals surface area contributed by atoms with Gasteiger partial charge in [-0.2, -0.15) is 0 Å². The lowest BCUT2D eigenvalue weighted by molar-refractivity contribution is -0.122. The SMILES string of the molecule is COCCNC(=O)CN1C(=O)c2ccccc2[C@H]1c1cn(C)c2ccccc12. The summed E-state index contributed by atoms with van der Waals surface area (Å²) in [5.41, 5.74) is 3.72.